The molecule has 0 fully saturated rings. The monoisotopic (exact) mass is 460 g/mol. The van der Waals surface area contributed by atoms with Crippen molar-refractivity contribution in [3.63, 3.8) is 0 Å². The smallest absolute Gasteiger partial charge is 0.240 e. The Bertz CT molecular complexity index is 1190. The Morgan fingerprint density at radius 1 is 1.13 bits per heavy atom. The number of hydrogen-bond donors (Lipinski definition) is 1. The lowest BCUT2D eigenvalue weighted by molar-refractivity contribution is 0.407. The van der Waals surface area contributed by atoms with Crippen molar-refractivity contribution in [2.24, 2.45) is 0 Å². The zero-order valence-electron chi connectivity index (χ0n) is 16.9. The topological polar surface area (TPSA) is 58.6 Å². The summed E-state index contributed by atoms with van der Waals surface area (Å²) in [5.41, 5.74) is 2.54. The van der Waals surface area contributed by atoms with Gasteiger partial charge in [0.15, 0.2) is 0 Å². The van der Waals surface area contributed by atoms with E-state index < -0.39 is 10.0 Å². The highest BCUT2D eigenvalue weighted by Crippen LogP contribution is 2.33. The first-order chi connectivity index (χ1) is 14.9. The molecule has 0 amide bonds. The molecule has 0 spiro atoms. The van der Waals surface area contributed by atoms with Gasteiger partial charge < -0.3 is 9.64 Å². The molecule has 3 aromatic carbocycles. The summed E-state index contributed by atoms with van der Waals surface area (Å²) >= 11 is 6.20. The maximum absolute atomic E-state index is 13.9. The first kappa shape index (κ1) is 21.6. The van der Waals surface area contributed by atoms with Crippen LogP contribution >= 0.6 is 11.6 Å². The molecule has 4 rings (SSSR count). The fourth-order valence-electron chi connectivity index (χ4n) is 3.91. The summed E-state index contributed by atoms with van der Waals surface area (Å²) in [5.74, 6) is 0.217. The zero-order valence-corrected chi connectivity index (χ0v) is 18.5. The Morgan fingerprint density at radius 3 is 2.65 bits per heavy atom. The third-order valence-electron chi connectivity index (χ3n) is 5.27. The van der Waals surface area contributed by atoms with Gasteiger partial charge in [0.25, 0.3) is 0 Å². The Morgan fingerprint density at radius 2 is 1.90 bits per heavy atom. The van der Waals surface area contributed by atoms with Crippen molar-refractivity contribution in [2.75, 3.05) is 18.6 Å². The maximum Gasteiger partial charge on any atom is 0.240 e. The SMILES string of the molecule is COc1ccc(F)cc1CN1CC(NS(=O)(=O)c2ccccc2)Cc2cc(Cl)ccc21. The Hall–Kier alpha value is -2.61. The second-order valence-corrected chi connectivity index (χ2v) is 9.60. The molecule has 8 heteroatoms. The number of nitrogens with zero attached hydrogens (tertiary/aromatic N) is 1. The lowest BCUT2D eigenvalue weighted by Gasteiger charge is -2.36. The van der Waals surface area contributed by atoms with Crippen molar-refractivity contribution >= 4 is 27.3 Å². The van der Waals surface area contributed by atoms with Crippen LogP contribution in [-0.4, -0.2) is 28.1 Å². The van der Waals surface area contributed by atoms with E-state index in [0.29, 0.717) is 35.8 Å². The average Bonchev–Trinajstić information content (AvgIpc) is 2.74. The highest BCUT2D eigenvalue weighted by molar-refractivity contribution is 7.89. The Labute approximate surface area is 186 Å². The Kier molecular flexibility index (Phi) is 6.18. The molecule has 1 N–H and O–H groups in total. The number of nitrogens with one attached hydrogen (secondary N) is 1. The van der Waals surface area contributed by atoms with Crippen LogP contribution in [0.3, 0.4) is 0 Å². The molecule has 1 heterocycles. The quantitative estimate of drug-likeness (QED) is 0.592. The minimum absolute atomic E-state index is 0.213. The molecule has 5 nitrogen and oxygen atoms in total. The molecule has 1 aliphatic heterocycles. The summed E-state index contributed by atoms with van der Waals surface area (Å²) in [6.07, 6.45) is 0.499. The van der Waals surface area contributed by atoms with Gasteiger partial charge in [0, 0.05) is 35.4 Å². The molecular weight excluding hydrogens is 439 g/mol. The van der Waals surface area contributed by atoms with Gasteiger partial charge in [-0.25, -0.2) is 17.5 Å². The van der Waals surface area contributed by atoms with E-state index in [9.17, 15) is 12.8 Å². The van der Waals surface area contributed by atoms with E-state index in [1.807, 2.05) is 17.0 Å². The van der Waals surface area contributed by atoms with Gasteiger partial charge in [-0.05, 0) is 60.5 Å². The van der Waals surface area contributed by atoms with Gasteiger partial charge in [-0.3, -0.25) is 0 Å². The third-order valence-corrected chi connectivity index (χ3v) is 7.04. The first-order valence-electron chi connectivity index (χ1n) is 9.79. The average molecular weight is 461 g/mol. The second-order valence-electron chi connectivity index (χ2n) is 7.45. The highest BCUT2D eigenvalue weighted by atomic mass is 35.5. The second kappa shape index (κ2) is 8.86. The van der Waals surface area contributed by atoms with E-state index >= 15 is 0 Å². The number of fused-ring (bicyclic) bond motifs is 1. The van der Waals surface area contributed by atoms with E-state index in [0.717, 1.165) is 11.3 Å². The standard InChI is InChI=1S/C23H22ClFN2O3S/c1-30-23-10-8-19(25)12-17(23)14-27-15-20(13-16-11-18(24)7-9-22(16)27)26-31(28,29)21-5-3-2-4-6-21/h2-12,20,26H,13-15H2,1H3. The third kappa shape index (κ3) is 4.84. The predicted molar refractivity (Wildman–Crippen MR) is 120 cm³/mol. The lowest BCUT2D eigenvalue weighted by Crippen LogP contribution is -2.48. The number of methoxy groups -OCH3 is 1. The van der Waals surface area contributed by atoms with Crippen molar-refractivity contribution in [1.82, 2.24) is 4.72 Å². The molecule has 3 aromatic rings. The highest BCUT2D eigenvalue weighted by Gasteiger charge is 2.29. The van der Waals surface area contributed by atoms with Gasteiger partial charge in [-0.2, -0.15) is 0 Å². The number of halogens is 2. The van der Waals surface area contributed by atoms with Crippen molar-refractivity contribution in [3.8, 4) is 5.75 Å². The number of hydrogen-bond acceptors (Lipinski definition) is 4. The Balaban J connectivity index is 1.65. The molecule has 1 atom stereocenters. The predicted octanol–water partition coefficient (Wildman–Crippen LogP) is 4.40. The van der Waals surface area contributed by atoms with Crippen LogP contribution in [0.1, 0.15) is 11.1 Å². The summed E-state index contributed by atoms with van der Waals surface area (Å²) in [6.45, 7) is 0.777. The number of rotatable bonds is 6. The zero-order chi connectivity index (χ0) is 22.0. The van der Waals surface area contributed by atoms with Gasteiger partial charge in [0.1, 0.15) is 11.6 Å². The normalized spacial score (nSPS) is 16.1. The van der Waals surface area contributed by atoms with E-state index in [1.165, 1.54) is 19.2 Å². The number of sulfonamides is 1. The van der Waals surface area contributed by atoms with Gasteiger partial charge in [0.05, 0.1) is 12.0 Å². The van der Waals surface area contributed by atoms with E-state index in [2.05, 4.69) is 4.72 Å². The molecule has 0 aliphatic carbocycles. The minimum Gasteiger partial charge on any atom is -0.496 e. The minimum atomic E-state index is -3.68. The summed E-state index contributed by atoms with van der Waals surface area (Å²) < 4.78 is 47.8. The summed E-state index contributed by atoms with van der Waals surface area (Å²) in [7, 11) is -2.14. The molecule has 31 heavy (non-hydrogen) atoms. The van der Waals surface area contributed by atoms with Crippen LogP contribution in [0, 0.1) is 5.82 Å². The molecule has 0 aromatic heterocycles. The van der Waals surface area contributed by atoms with Gasteiger partial charge >= 0.3 is 0 Å². The van der Waals surface area contributed by atoms with E-state index in [1.54, 1.807) is 42.5 Å². The van der Waals surface area contributed by atoms with Crippen LogP contribution in [0.2, 0.25) is 5.02 Å². The lowest BCUT2D eigenvalue weighted by atomic mass is 9.97. The van der Waals surface area contributed by atoms with Crippen LogP contribution in [-0.2, 0) is 23.0 Å². The molecule has 0 radical (unpaired) electrons. The number of ether oxygens (including phenoxy) is 1. The molecule has 1 unspecified atom stereocenters. The van der Waals surface area contributed by atoms with Gasteiger partial charge in [0.2, 0.25) is 10.0 Å². The summed E-state index contributed by atoms with van der Waals surface area (Å²) in [4.78, 5) is 2.23. The summed E-state index contributed by atoms with van der Waals surface area (Å²) in [5, 5.41) is 0.577. The molecule has 1 aliphatic rings. The molecule has 0 saturated heterocycles. The fourth-order valence-corrected chi connectivity index (χ4v) is 5.36. The summed E-state index contributed by atoms with van der Waals surface area (Å²) in [6, 6.07) is 17.8. The molecule has 0 saturated carbocycles. The van der Waals surface area contributed by atoms with Gasteiger partial charge in [-0.15, -0.1) is 0 Å². The van der Waals surface area contributed by atoms with Gasteiger partial charge in [-0.1, -0.05) is 29.8 Å². The fraction of sp³-hybridized carbons (Fsp3) is 0.217. The van der Waals surface area contributed by atoms with E-state index in [-0.39, 0.29) is 16.8 Å². The van der Waals surface area contributed by atoms with Crippen molar-refractivity contribution in [3.05, 3.63) is 88.7 Å². The van der Waals surface area contributed by atoms with Crippen molar-refractivity contribution < 1.29 is 17.5 Å². The van der Waals surface area contributed by atoms with Crippen LogP contribution in [0.25, 0.3) is 0 Å². The van der Waals surface area contributed by atoms with Crippen LogP contribution in [0.4, 0.5) is 10.1 Å². The van der Waals surface area contributed by atoms with Crippen LogP contribution in [0.5, 0.6) is 5.75 Å². The molecule has 162 valence electrons. The molecular formula is C23H22ClFN2O3S. The van der Waals surface area contributed by atoms with Crippen LogP contribution in [0.15, 0.2) is 71.6 Å². The maximum atomic E-state index is 13.9. The molecule has 0 bridgehead atoms. The largest absolute Gasteiger partial charge is 0.496 e. The van der Waals surface area contributed by atoms with Crippen molar-refractivity contribution in [2.45, 2.75) is 23.9 Å². The first-order valence-corrected chi connectivity index (χ1v) is 11.6. The van der Waals surface area contributed by atoms with Crippen LogP contribution < -0.4 is 14.4 Å². The number of anilines is 1. The van der Waals surface area contributed by atoms with Crippen molar-refractivity contribution in [1.29, 1.82) is 0 Å². The number of benzene rings is 3. The van der Waals surface area contributed by atoms with E-state index in [4.69, 9.17) is 16.3 Å².